The normalized spacial score (nSPS) is 23.1. The minimum absolute atomic E-state index is 0. The molecule has 0 aromatic heterocycles. The van der Waals surface area contributed by atoms with Gasteiger partial charge >= 0.3 is 12.2 Å². The van der Waals surface area contributed by atoms with E-state index >= 15 is 0 Å². The molecule has 1 amide bonds. The van der Waals surface area contributed by atoms with Crippen molar-refractivity contribution in [2.75, 3.05) is 5.75 Å². The first-order valence-corrected chi connectivity index (χ1v) is 7.98. The number of esters is 1. The van der Waals surface area contributed by atoms with Gasteiger partial charge in [0, 0.05) is 0 Å². The third-order valence-electron chi connectivity index (χ3n) is 3.68. The van der Waals surface area contributed by atoms with Crippen LogP contribution in [0.25, 0.3) is 0 Å². The summed E-state index contributed by atoms with van der Waals surface area (Å²) in [5, 5.41) is 20.7. The van der Waals surface area contributed by atoms with Crippen LogP contribution in [0.5, 0.6) is 0 Å². The highest BCUT2D eigenvalue weighted by atomic mass is 35.5. The Bertz CT molecular complexity index is 743. The van der Waals surface area contributed by atoms with Gasteiger partial charge in [-0.2, -0.15) is 0 Å². The van der Waals surface area contributed by atoms with Crippen LogP contribution in [0.15, 0.2) is 41.8 Å². The molecule has 11 heteroatoms. The van der Waals surface area contributed by atoms with Gasteiger partial charge in [0.05, 0.1) is 16.2 Å². The monoisotopic (exact) mass is 387 g/mol. The molecule has 2 heterocycles. The van der Waals surface area contributed by atoms with Gasteiger partial charge in [0.15, 0.2) is 5.70 Å². The van der Waals surface area contributed by atoms with E-state index in [2.05, 4.69) is 0 Å². The van der Waals surface area contributed by atoms with Crippen molar-refractivity contribution in [2.24, 2.45) is 5.73 Å². The van der Waals surface area contributed by atoms with Gasteiger partial charge < -0.3 is 15.6 Å². The van der Waals surface area contributed by atoms with Crippen molar-refractivity contribution >= 4 is 36.0 Å². The summed E-state index contributed by atoms with van der Waals surface area (Å²) in [6, 6.07) is 6.92. The number of aliphatic hydroxyl groups is 1. The van der Waals surface area contributed by atoms with Crippen LogP contribution in [-0.4, -0.2) is 44.0 Å². The van der Waals surface area contributed by atoms with Crippen molar-refractivity contribution in [1.82, 2.24) is 4.90 Å². The lowest BCUT2D eigenvalue weighted by Gasteiger charge is -2.47. The Balaban J connectivity index is 0.00000225. The third-order valence-corrected chi connectivity index (χ3v) is 4.96. The van der Waals surface area contributed by atoms with Crippen molar-refractivity contribution in [3.63, 3.8) is 0 Å². The van der Waals surface area contributed by atoms with E-state index in [9.17, 15) is 24.8 Å². The molecule has 0 radical (unpaired) electrons. The van der Waals surface area contributed by atoms with Gasteiger partial charge in [-0.15, -0.1) is 24.2 Å². The quantitative estimate of drug-likeness (QED) is 0.256. The molecule has 1 fully saturated rings. The summed E-state index contributed by atoms with van der Waals surface area (Å²) in [6.45, 7) is 0. The lowest BCUT2D eigenvalue weighted by atomic mass is 10.1. The minimum Gasteiger partial charge on any atom is -0.509 e. The molecule has 3 atom stereocenters. The van der Waals surface area contributed by atoms with E-state index in [1.165, 1.54) is 23.9 Å². The van der Waals surface area contributed by atoms with Crippen molar-refractivity contribution in [3.05, 3.63) is 57.5 Å². The van der Waals surface area contributed by atoms with Crippen LogP contribution in [0.4, 0.5) is 0 Å². The van der Waals surface area contributed by atoms with Crippen molar-refractivity contribution in [2.45, 2.75) is 17.6 Å². The number of aliphatic hydroxyl groups excluding tert-OH is 1. The largest absolute Gasteiger partial charge is 0.509 e. The molecule has 2 aliphatic heterocycles. The molecule has 1 aromatic carbocycles. The molecule has 0 bridgehead atoms. The highest BCUT2D eigenvalue weighted by Crippen LogP contribution is 2.39. The Labute approximate surface area is 152 Å². The zero-order chi connectivity index (χ0) is 17.4. The minimum atomic E-state index is -1.74. The molecule has 0 saturated carbocycles. The first-order valence-electron chi connectivity index (χ1n) is 6.93. The predicted octanol–water partition coefficient (Wildman–Crippen LogP) is 0.939. The standard InChI is InChI=1S/C14H13N3O6S.ClH/c15-9-11(19)16-10(8(18)6-24-13(9)16)14(20)23-12(17(21)22)7-4-2-1-3-5-7;/h1-5,9,12-13,18H,6,15H2;1H/t9?,12?,13-;/m0./s1. The number of benzene rings is 1. The number of halogens is 1. The first kappa shape index (κ1) is 19.0. The van der Waals surface area contributed by atoms with Crippen molar-refractivity contribution in [3.8, 4) is 0 Å². The number of nitrogens with zero attached hydrogens (tertiary/aromatic N) is 2. The first-order chi connectivity index (χ1) is 11.4. The third kappa shape index (κ3) is 3.28. The molecular formula is C14H14ClN3O6S. The number of ether oxygens (including phenoxy) is 1. The molecule has 9 nitrogen and oxygen atoms in total. The Hall–Kier alpha value is -2.30. The zero-order valence-electron chi connectivity index (χ0n) is 12.6. The number of amides is 1. The van der Waals surface area contributed by atoms with Crippen LogP contribution >= 0.6 is 24.2 Å². The van der Waals surface area contributed by atoms with Crippen LogP contribution < -0.4 is 5.73 Å². The number of hydrogen-bond donors (Lipinski definition) is 2. The Morgan fingerprint density at radius 1 is 1.44 bits per heavy atom. The second kappa shape index (κ2) is 7.30. The van der Waals surface area contributed by atoms with Crippen LogP contribution in [0, 0.1) is 10.1 Å². The molecule has 3 rings (SSSR count). The number of nitro groups is 1. The van der Waals surface area contributed by atoms with E-state index in [0.717, 1.165) is 4.90 Å². The Morgan fingerprint density at radius 2 is 2.08 bits per heavy atom. The van der Waals surface area contributed by atoms with Crippen LogP contribution in [0.3, 0.4) is 0 Å². The number of thioether (sulfide) groups is 1. The smallest absolute Gasteiger partial charge is 0.383 e. The average Bonchev–Trinajstić information content (AvgIpc) is 2.58. The Morgan fingerprint density at radius 3 is 2.68 bits per heavy atom. The van der Waals surface area contributed by atoms with E-state index in [0.29, 0.717) is 0 Å². The second-order valence-electron chi connectivity index (χ2n) is 5.18. The zero-order valence-corrected chi connectivity index (χ0v) is 14.2. The van der Waals surface area contributed by atoms with E-state index in [4.69, 9.17) is 10.5 Å². The summed E-state index contributed by atoms with van der Waals surface area (Å²) in [5.41, 5.74) is 5.44. The number of carbonyl (C=O) groups excluding carboxylic acids is 2. The Kier molecular flexibility index (Phi) is 5.55. The SMILES string of the molecule is Cl.NC1C(=O)N2C(C(=O)OC(c3ccccc3)[N+](=O)[O-])=C(O)CS[C@@H]12. The van der Waals surface area contributed by atoms with E-state index in [1.807, 2.05) is 0 Å². The summed E-state index contributed by atoms with van der Waals surface area (Å²) >= 11 is 1.21. The van der Waals surface area contributed by atoms with Gasteiger partial charge in [-0.05, 0) is 12.1 Å². The van der Waals surface area contributed by atoms with Crippen LogP contribution in [-0.2, 0) is 14.3 Å². The van der Waals surface area contributed by atoms with Gasteiger partial charge in [-0.3, -0.25) is 19.8 Å². The number of fused-ring (bicyclic) bond motifs is 1. The topological polar surface area (TPSA) is 136 Å². The molecular weight excluding hydrogens is 374 g/mol. The molecule has 1 saturated heterocycles. The number of hydrogen-bond acceptors (Lipinski definition) is 8. The molecule has 0 spiro atoms. The predicted molar refractivity (Wildman–Crippen MR) is 90.2 cm³/mol. The molecule has 2 unspecified atom stereocenters. The van der Waals surface area contributed by atoms with Gasteiger partial charge in [0.2, 0.25) is 5.91 Å². The van der Waals surface area contributed by atoms with Gasteiger partial charge in [0.1, 0.15) is 17.2 Å². The molecule has 3 N–H and O–H groups in total. The van der Waals surface area contributed by atoms with Crippen LogP contribution in [0.1, 0.15) is 11.8 Å². The molecule has 0 aliphatic carbocycles. The fourth-order valence-electron chi connectivity index (χ4n) is 2.50. The fourth-order valence-corrected chi connectivity index (χ4v) is 3.65. The summed E-state index contributed by atoms with van der Waals surface area (Å²) < 4.78 is 4.94. The lowest BCUT2D eigenvalue weighted by molar-refractivity contribution is -0.575. The van der Waals surface area contributed by atoms with Crippen molar-refractivity contribution in [1.29, 1.82) is 0 Å². The highest BCUT2D eigenvalue weighted by Gasteiger charge is 2.53. The average molecular weight is 388 g/mol. The van der Waals surface area contributed by atoms with Crippen LogP contribution in [0.2, 0.25) is 0 Å². The van der Waals surface area contributed by atoms with Gasteiger partial charge in [0.25, 0.3) is 0 Å². The summed E-state index contributed by atoms with van der Waals surface area (Å²) in [4.78, 5) is 35.7. The van der Waals surface area contributed by atoms with E-state index in [1.54, 1.807) is 18.2 Å². The van der Waals surface area contributed by atoms with E-state index < -0.39 is 34.4 Å². The maximum atomic E-state index is 12.4. The van der Waals surface area contributed by atoms with Gasteiger partial charge in [-0.1, -0.05) is 18.2 Å². The number of nitrogens with two attached hydrogens (primary N) is 1. The molecule has 134 valence electrons. The number of rotatable bonds is 4. The number of β-lactam (4-membered cyclic amide) rings is 1. The maximum absolute atomic E-state index is 12.4. The van der Waals surface area contributed by atoms with Crippen molar-refractivity contribution < 1.29 is 24.4 Å². The molecule has 1 aromatic rings. The van der Waals surface area contributed by atoms with E-state index in [-0.39, 0.29) is 35.2 Å². The summed E-state index contributed by atoms with van der Waals surface area (Å²) in [5.74, 6) is -1.97. The molecule has 2 aliphatic rings. The molecule has 25 heavy (non-hydrogen) atoms. The van der Waals surface area contributed by atoms with Gasteiger partial charge in [-0.25, -0.2) is 4.79 Å². The summed E-state index contributed by atoms with van der Waals surface area (Å²) in [6.07, 6.45) is -1.74. The second-order valence-corrected chi connectivity index (χ2v) is 6.29. The highest BCUT2D eigenvalue weighted by molar-refractivity contribution is 8.00. The summed E-state index contributed by atoms with van der Waals surface area (Å²) in [7, 11) is 0. The lowest BCUT2D eigenvalue weighted by Crippen LogP contribution is -2.68. The number of carbonyl (C=O) groups is 2. The maximum Gasteiger partial charge on any atom is 0.383 e. The fraction of sp³-hybridized carbons (Fsp3) is 0.286.